The Morgan fingerprint density at radius 1 is 1.23 bits per heavy atom. The Morgan fingerprint density at radius 3 is 2.82 bits per heavy atom. The van der Waals surface area contributed by atoms with Crippen LogP contribution < -0.4 is 5.32 Å². The number of nitrogens with one attached hydrogen (secondary N) is 1. The summed E-state index contributed by atoms with van der Waals surface area (Å²) in [6.07, 6.45) is 4.97. The standard InChI is InChI=1S/C17H15N3OS/c1-12(13-6-4-5-11-18-13)19-16(21)9-10-17-20-14-7-2-3-8-15(14)22-17/h2-12H,1H3,(H,19,21)/b10-9+. The summed E-state index contributed by atoms with van der Waals surface area (Å²) in [5.74, 6) is -0.155. The van der Waals surface area contributed by atoms with E-state index in [0.29, 0.717) is 0 Å². The number of pyridine rings is 1. The van der Waals surface area contributed by atoms with Crippen molar-refractivity contribution in [3.63, 3.8) is 0 Å². The zero-order valence-electron chi connectivity index (χ0n) is 12.1. The lowest BCUT2D eigenvalue weighted by Crippen LogP contribution is -2.25. The molecule has 1 amide bonds. The maximum Gasteiger partial charge on any atom is 0.244 e. The van der Waals surface area contributed by atoms with Crippen molar-refractivity contribution in [2.24, 2.45) is 0 Å². The second kappa shape index (κ2) is 6.49. The number of carbonyl (C=O) groups excluding carboxylic acids is 1. The van der Waals surface area contributed by atoms with Gasteiger partial charge in [0.1, 0.15) is 5.01 Å². The van der Waals surface area contributed by atoms with Gasteiger partial charge in [0.25, 0.3) is 0 Å². The van der Waals surface area contributed by atoms with Gasteiger partial charge in [0.05, 0.1) is 22.0 Å². The molecule has 0 spiro atoms. The summed E-state index contributed by atoms with van der Waals surface area (Å²) < 4.78 is 1.12. The smallest absolute Gasteiger partial charge is 0.244 e. The third-order valence-electron chi connectivity index (χ3n) is 3.18. The van der Waals surface area contributed by atoms with Gasteiger partial charge in [0.2, 0.25) is 5.91 Å². The molecule has 110 valence electrons. The molecule has 1 aromatic carbocycles. The minimum Gasteiger partial charge on any atom is -0.344 e. The van der Waals surface area contributed by atoms with E-state index in [2.05, 4.69) is 15.3 Å². The van der Waals surface area contributed by atoms with Gasteiger partial charge in [-0.3, -0.25) is 9.78 Å². The first-order valence-corrected chi connectivity index (χ1v) is 7.79. The van der Waals surface area contributed by atoms with Crippen LogP contribution in [0.1, 0.15) is 23.7 Å². The van der Waals surface area contributed by atoms with Crippen molar-refractivity contribution in [3.05, 3.63) is 65.4 Å². The molecule has 0 bridgehead atoms. The number of carbonyl (C=O) groups is 1. The van der Waals surface area contributed by atoms with E-state index in [-0.39, 0.29) is 11.9 Å². The minimum atomic E-state index is -0.155. The predicted molar refractivity (Wildman–Crippen MR) is 89.4 cm³/mol. The highest BCUT2D eigenvalue weighted by Gasteiger charge is 2.08. The lowest BCUT2D eigenvalue weighted by atomic mass is 10.2. The fourth-order valence-electron chi connectivity index (χ4n) is 2.08. The zero-order valence-corrected chi connectivity index (χ0v) is 12.9. The van der Waals surface area contributed by atoms with Crippen molar-refractivity contribution < 1.29 is 4.79 Å². The van der Waals surface area contributed by atoms with E-state index in [0.717, 1.165) is 20.9 Å². The molecule has 2 heterocycles. The van der Waals surface area contributed by atoms with Crippen LogP contribution in [0, 0.1) is 0 Å². The van der Waals surface area contributed by atoms with Crippen molar-refractivity contribution in [2.45, 2.75) is 13.0 Å². The topological polar surface area (TPSA) is 54.9 Å². The summed E-state index contributed by atoms with van der Waals surface area (Å²) in [4.78, 5) is 20.7. The van der Waals surface area contributed by atoms with Crippen LogP contribution in [0.15, 0.2) is 54.7 Å². The van der Waals surface area contributed by atoms with Crippen molar-refractivity contribution in [2.75, 3.05) is 0 Å². The first-order valence-electron chi connectivity index (χ1n) is 6.97. The van der Waals surface area contributed by atoms with Crippen LogP contribution in [0.3, 0.4) is 0 Å². The summed E-state index contributed by atoms with van der Waals surface area (Å²) in [6, 6.07) is 13.4. The lowest BCUT2D eigenvalue weighted by Gasteiger charge is -2.11. The number of benzene rings is 1. The number of nitrogens with zero attached hydrogens (tertiary/aromatic N) is 2. The second-order valence-electron chi connectivity index (χ2n) is 4.84. The van der Waals surface area contributed by atoms with Crippen LogP contribution >= 0.6 is 11.3 Å². The number of hydrogen-bond donors (Lipinski definition) is 1. The van der Waals surface area contributed by atoms with Crippen LogP contribution in [-0.2, 0) is 4.79 Å². The molecular weight excluding hydrogens is 294 g/mol. The number of thiazole rings is 1. The molecule has 3 rings (SSSR count). The van der Waals surface area contributed by atoms with E-state index in [1.807, 2.05) is 49.4 Å². The van der Waals surface area contributed by atoms with Crippen molar-refractivity contribution in [1.29, 1.82) is 0 Å². The predicted octanol–water partition coefficient (Wildman–Crippen LogP) is 3.58. The van der Waals surface area contributed by atoms with Crippen LogP contribution in [0.25, 0.3) is 16.3 Å². The van der Waals surface area contributed by atoms with Crippen LogP contribution in [0.2, 0.25) is 0 Å². The van der Waals surface area contributed by atoms with Crippen LogP contribution in [0.4, 0.5) is 0 Å². The van der Waals surface area contributed by atoms with Crippen molar-refractivity contribution in [3.8, 4) is 0 Å². The third kappa shape index (κ3) is 3.38. The van der Waals surface area contributed by atoms with Gasteiger partial charge in [0.15, 0.2) is 0 Å². The second-order valence-corrected chi connectivity index (χ2v) is 5.90. The molecule has 2 aromatic heterocycles. The highest BCUT2D eigenvalue weighted by Crippen LogP contribution is 2.22. The molecule has 0 fully saturated rings. The van der Waals surface area contributed by atoms with E-state index in [1.54, 1.807) is 23.6 Å². The number of fused-ring (bicyclic) bond motifs is 1. The van der Waals surface area contributed by atoms with E-state index in [9.17, 15) is 4.79 Å². The fourth-order valence-corrected chi connectivity index (χ4v) is 2.95. The average Bonchev–Trinajstić information content (AvgIpc) is 2.96. The third-order valence-corrected chi connectivity index (χ3v) is 4.18. The molecule has 1 atom stereocenters. The number of para-hydroxylation sites is 1. The van der Waals surface area contributed by atoms with Crippen molar-refractivity contribution in [1.82, 2.24) is 15.3 Å². The Morgan fingerprint density at radius 2 is 2.05 bits per heavy atom. The first-order chi connectivity index (χ1) is 10.7. The minimum absolute atomic E-state index is 0.131. The summed E-state index contributed by atoms with van der Waals surface area (Å²) >= 11 is 1.56. The largest absolute Gasteiger partial charge is 0.344 e. The molecule has 5 heteroatoms. The average molecular weight is 309 g/mol. The number of amides is 1. The summed E-state index contributed by atoms with van der Waals surface area (Å²) in [5.41, 5.74) is 1.79. The maximum absolute atomic E-state index is 12.0. The molecule has 0 aliphatic carbocycles. The molecule has 3 aromatic rings. The van der Waals surface area contributed by atoms with Crippen LogP contribution in [0.5, 0.6) is 0 Å². The Hall–Kier alpha value is -2.53. The Balaban J connectivity index is 1.66. The summed E-state index contributed by atoms with van der Waals surface area (Å²) in [5, 5.41) is 3.71. The molecule has 1 N–H and O–H groups in total. The molecule has 4 nitrogen and oxygen atoms in total. The number of aromatic nitrogens is 2. The van der Waals surface area contributed by atoms with Gasteiger partial charge in [-0.2, -0.15) is 0 Å². The number of rotatable bonds is 4. The van der Waals surface area contributed by atoms with Gasteiger partial charge in [-0.15, -0.1) is 11.3 Å². The lowest BCUT2D eigenvalue weighted by molar-refractivity contribution is -0.117. The fraction of sp³-hybridized carbons (Fsp3) is 0.118. The van der Waals surface area contributed by atoms with Gasteiger partial charge in [-0.1, -0.05) is 18.2 Å². The van der Waals surface area contributed by atoms with Gasteiger partial charge < -0.3 is 5.32 Å². The van der Waals surface area contributed by atoms with E-state index in [4.69, 9.17) is 0 Å². The molecule has 0 aliphatic rings. The van der Waals surface area contributed by atoms with Gasteiger partial charge in [-0.05, 0) is 37.3 Å². The quantitative estimate of drug-likeness (QED) is 0.749. The van der Waals surface area contributed by atoms with E-state index in [1.165, 1.54) is 6.08 Å². The van der Waals surface area contributed by atoms with Crippen molar-refractivity contribution >= 4 is 33.5 Å². The van der Waals surface area contributed by atoms with Gasteiger partial charge in [-0.25, -0.2) is 4.98 Å². The highest BCUT2D eigenvalue weighted by molar-refractivity contribution is 7.19. The molecule has 0 radical (unpaired) electrons. The highest BCUT2D eigenvalue weighted by atomic mass is 32.1. The zero-order chi connectivity index (χ0) is 15.4. The molecule has 0 aliphatic heterocycles. The molecule has 1 unspecified atom stereocenters. The molecule has 0 saturated heterocycles. The van der Waals surface area contributed by atoms with Crippen LogP contribution in [-0.4, -0.2) is 15.9 Å². The van der Waals surface area contributed by atoms with E-state index >= 15 is 0 Å². The Kier molecular flexibility index (Phi) is 4.25. The monoisotopic (exact) mass is 309 g/mol. The Bertz CT molecular complexity index is 778. The van der Waals surface area contributed by atoms with E-state index < -0.39 is 0 Å². The first kappa shape index (κ1) is 14.4. The van der Waals surface area contributed by atoms with Gasteiger partial charge in [0, 0.05) is 12.3 Å². The summed E-state index contributed by atoms with van der Waals surface area (Å²) in [7, 11) is 0. The molecular formula is C17H15N3OS. The number of hydrogen-bond acceptors (Lipinski definition) is 4. The van der Waals surface area contributed by atoms with Gasteiger partial charge >= 0.3 is 0 Å². The molecule has 22 heavy (non-hydrogen) atoms. The normalized spacial score (nSPS) is 12.6. The summed E-state index contributed by atoms with van der Waals surface area (Å²) in [6.45, 7) is 1.91. The SMILES string of the molecule is CC(NC(=O)/C=C/c1nc2ccccc2s1)c1ccccn1. The molecule has 0 saturated carbocycles. The maximum atomic E-state index is 12.0. The Labute approximate surface area is 132 Å².